The van der Waals surface area contributed by atoms with Crippen molar-refractivity contribution < 1.29 is 22.7 Å². The molecule has 0 aliphatic carbocycles. The molecule has 7 nitrogen and oxygen atoms in total. The summed E-state index contributed by atoms with van der Waals surface area (Å²) in [4.78, 5) is 25.0. The standard InChI is InChI=1S/C28H29ClF3N5O2/c1-2-39-26-19(4-3-11-34-26)22-7-6-20-23(35-22)16-37(24-8-5-18(29)14-21(24)28(30,31)32)17-27(20)9-12-36(13-10-27)25(38)15-33/h3-8,11,14H,2,9-10,12-13,15-17,33H2,1H3. The molecule has 0 radical (unpaired) electrons. The number of piperidine rings is 1. The average Bonchev–Trinajstić information content (AvgIpc) is 2.92. The lowest BCUT2D eigenvalue weighted by Gasteiger charge is -2.49. The van der Waals surface area contributed by atoms with Crippen molar-refractivity contribution in [3.63, 3.8) is 0 Å². The number of hydrogen-bond donors (Lipinski definition) is 1. The van der Waals surface area contributed by atoms with Gasteiger partial charge in [-0.05, 0) is 61.7 Å². The summed E-state index contributed by atoms with van der Waals surface area (Å²) in [5.74, 6) is 0.309. The second-order valence-electron chi connectivity index (χ2n) is 9.86. The van der Waals surface area contributed by atoms with Gasteiger partial charge in [0.25, 0.3) is 0 Å². The van der Waals surface area contributed by atoms with E-state index in [1.807, 2.05) is 25.1 Å². The number of likely N-dealkylation sites (tertiary alicyclic amines) is 1. The van der Waals surface area contributed by atoms with Gasteiger partial charge in [0, 0.05) is 42.0 Å². The topological polar surface area (TPSA) is 84.6 Å². The molecule has 2 aromatic heterocycles. The lowest BCUT2D eigenvalue weighted by atomic mass is 9.69. The zero-order chi connectivity index (χ0) is 27.8. The molecule has 1 aromatic carbocycles. The maximum absolute atomic E-state index is 14.1. The number of halogens is 4. The highest BCUT2D eigenvalue weighted by Gasteiger charge is 2.45. The van der Waals surface area contributed by atoms with E-state index in [0.717, 1.165) is 11.6 Å². The summed E-state index contributed by atoms with van der Waals surface area (Å²) in [6, 6.07) is 11.5. The van der Waals surface area contributed by atoms with Gasteiger partial charge in [0.15, 0.2) is 0 Å². The fraction of sp³-hybridized carbons (Fsp3) is 0.393. The largest absolute Gasteiger partial charge is 0.477 e. The first kappa shape index (κ1) is 27.2. The molecule has 2 N–H and O–H groups in total. The number of carbonyl (C=O) groups is 1. The highest BCUT2D eigenvalue weighted by atomic mass is 35.5. The maximum atomic E-state index is 14.1. The Morgan fingerprint density at radius 2 is 1.95 bits per heavy atom. The summed E-state index contributed by atoms with van der Waals surface area (Å²) in [6.45, 7) is 3.70. The number of hydrogen-bond acceptors (Lipinski definition) is 6. The lowest BCUT2D eigenvalue weighted by molar-refractivity contribution is -0.137. The molecule has 11 heteroatoms. The fourth-order valence-electron chi connectivity index (χ4n) is 5.70. The highest BCUT2D eigenvalue weighted by Crippen LogP contribution is 2.46. The fourth-order valence-corrected chi connectivity index (χ4v) is 5.87. The van der Waals surface area contributed by atoms with E-state index in [1.165, 1.54) is 12.1 Å². The van der Waals surface area contributed by atoms with E-state index in [9.17, 15) is 18.0 Å². The van der Waals surface area contributed by atoms with Crippen LogP contribution in [0.1, 0.15) is 36.6 Å². The molecule has 2 aliphatic heterocycles. The number of fused-ring (bicyclic) bond motifs is 2. The van der Waals surface area contributed by atoms with Gasteiger partial charge in [-0.25, -0.2) is 4.98 Å². The first-order valence-electron chi connectivity index (χ1n) is 12.8. The predicted molar refractivity (Wildman–Crippen MR) is 143 cm³/mol. The van der Waals surface area contributed by atoms with Gasteiger partial charge in [0.05, 0.1) is 42.2 Å². The van der Waals surface area contributed by atoms with E-state index in [0.29, 0.717) is 61.9 Å². The van der Waals surface area contributed by atoms with Gasteiger partial charge in [0.2, 0.25) is 11.8 Å². The van der Waals surface area contributed by atoms with Crippen molar-refractivity contribution in [2.75, 3.05) is 37.7 Å². The number of nitrogens with two attached hydrogens (primary N) is 1. The Morgan fingerprint density at radius 3 is 2.64 bits per heavy atom. The minimum atomic E-state index is -4.58. The third kappa shape index (κ3) is 5.27. The van der Waals surface area contributed by atoms with Crippen molar-refractivity contribution in [3.8, 4) is 17.1 Å². The first-order valence-corrected chi connectivity index (χ1v) is 13.2. The molecule has 1 spiro atoms. The number of anilines is 1. The minimum absolute atomic E-state index is 0.0206. The molecule has 0 atom stereocenters. The zero-order valence-electron chi connectivity index (χ0n) is 21.5. The molecule has 3 aromatic rings. The second-order valence-corrected chi connectivity index (χ2v) is 10.3. The number of nitrogens with zero attached hydrogens (tertiary/aromatic N) is 4. The van der Waals surface area contributed by atoms with Crippen LogP contribution in [-0.4, -0.2) is 53.6 Å². The lowest BCUT2D eigenvalue weighted by Crippen LogP contribution is -2.54. The number of aromatic nitrogens is 2. The Balaban J connectivity index is 1.60. The summed E-state index contributed by atoms with van der Waals surface area (Å²) >= 11 is 5.98. The highest BCUT2D eigenvalue weighted by molar-refractivity contribution is 6.30. The quantitative estimate of drug-likeness (QED) is 0.471. The summed E-state index contributed by atoms with van der Waals surface area (Å²) in [6.07, 6.45) is -1.79. The van der Waals surface area contributed by atoms with Crippen LogP contribution in [0.4, 0.5) is 18.9 Å². The van der Waals surface area contributed by atoms with E-state index < -0.39 is 17.2 Å². The van der Waals surface area contributed by atoms with Gasteiger partial charge in [-0.1, -0.05) is 17.7 Å². The molecule has 206 valence electrons. The summed E-state index contributed by atoms with van der Waals surface area (Å²) in [5, 5.41) is 0.0206. The number of amides is 1. The molecule has 4 heterocycles. The van der Waals surface area contributed by atoms with Gasteiger partial charge < -0.3 is 20.3 Å². The SMILES string of the molecule is CCOc1ncccc1-c1ccc2c(n1)CN(c1ccc(Cl)cc1C(F)(F)F)CC21CCN(C(=O)CN)CC1. The molecule has 0 unspecified atom stereocenters. The van der Waals surface area contributed by atoms with Crippen LogP contribution in [0, 0.1) is 0 Å². The molecule has 0 bridgehead atoms. The minimum Gasteiger partial charge on any atom is -0.477 e. The first-order chi connectivity index (χ1) is 18.6. The molecule has 0 saturated carbocycles. The Hall–Kier alpha value is -3.37. The number of rotatable bonds is 5. The molecule has 1 fully saturated rings. The van der Waals surface area contributed by atoms with E-state index in [1.54, 1.807) is 22.1 Å². The molecular weight excluding hydrogens is 531 g/mol. The maximum Gasteiger partial charge on any atom is 0.418 e. The van der Waals surface area contributed by atoms with Gasteiger partial charge in [-0.2, -0.15) is 13.2 Å². The Bertz CT molecular complexity index is 1380. The summed E-state index contributed by atoms with van der Waals surface area (Å²) in [5.41, 5.74) is 7.37. The monoisotopic (exact) mass is 559 g/mol. The van der Waals surface area contributed by atoms with Crippen molar-refractivity contribution in [1.82, 2.24) is 14.9 Å². The van der Waals surface area contributed by atoms with Gasteiger partial charge >= 0.3 is 6.18 Å². The van der Waals surface area contributed by atoms with Gasteiger partial charge in [-0.3, -0.25) is 9.78 Å². The van der Waals surface area contributed by atoms with Crippen molar-refractivity contribution in [3.05, 3.63) is 70.5 Å². The number of benzene rings is 1. The van der Waals surface area contributed by atoms with Crippen LogP contribution in [0.25, 0.3) is 11.3 Å². The molecule has 1 saturated heterocycles. The molecule has 2 aliphatic rings. The van der Waals surface area contributed by atoms with Crippen molar-refractivity contribution in [1.29, 1.82) is 0 Å². The van der Waals surface area contributed by atoms with E-state index in [4.69, 9.17) is 27.1 Å². The number of alkyl halides is 3. The molecule has 1 amide bonds. The Kier molecular flexibility index (Phi) is 7.43. The van der Waals surface area contributed by atoms with Gasteiger partial charge in [-0.15, -0.1) is 0 Å². The third-order valence-corrected chi connectivity index (χ3v) is 7.80. The van der Waals surface area contributed by atoms with Crippen LogP contribution in [-0.2, 0) is 22.9 Å². The van der Waals surface area contributed by atoms with Crippen LogP contribution in [0.5, 0.6) is 5.88 Å². The van der Waals surface area contributed by atoms with Crippen molar-refractivity contribution >= 4 is 23.2 Å². The van der Waals surface area contributed by atoms with Crippen LogP contribution >= 0.6 is 11.6 Å². The van der Waals surface area contributed by atoms with Crippen LogP contribution in [0.3, 0.4) is 0 Å². The van der Waals surface area contributed by atoms with E-state index >= 15 is 0 Å². The molecule has 5 rings (SSSR count). The predicted octanol–water partition coefficient (Wildman–Crippen LogP) is 5.05. The smallest absolute Gasteiger partial charge is 0.418 e. The number of carbonyl (C=O) groups excluding carboxylic acids is 1. The van der Waals surface area contributed by atoms with Crippen LogP contribution in [0.15, 0.2) is 48.7 Å². The normalized spacial score (nSPS) is 16.8. The molecule has 39 heavy (non-hydrogen) atoms. The number of pyridine rings is 2. The van der Waals surface area contributed by atoms with Crippen LogP contribution in [0.2, 0.25) is 5.02 Å². The van der Waals surface area contributed by atoms with Crippen molar-refractivity contribution in [2.24, 2.45) is 5.73 Å². The zero-order valence-corrected chi connectivity index (χ0v) is 22.2. The van der Waals surface area contributed by atoms with Crippen molar-refractivity contribution in [2.45, 2.75) is 37.9 Å². The average molecular weight is 560 g/mol. The Morgan fingerprint density at radius 1 is 1.18 bits per heavy atom. The third-order valence-electron chi connectivity index (χ3n) is 7.56. The summed E-state index contributed by atoms with van der Waals surface area (Å²) in [7, 11) is 0. The molecular formula is C28H29ClF3N5O2. The van der Waals surface area contributed by atoms with Crippen LogP contribution < -0.4 is 15.4 Å². The van der Waals surface area contributed by atoms with E-state index in [2.05, 4.69) is 4.98 Å². The van der Waals surface area contributed by atoms with E-state index in [-0.39, 0.29) is 29.7 Å². The second kappa shape index (κ2) is 10.7. The van der Waals surface area contributed by atoms with Gasteiger partial charge in [0.1, 0.15) is 0 Å². The Labute approximate surface area is 229 Å². The summed E-state index contributed by atoms with van der Waals surface area (Å²) < 4.78 is 48.0. The number of ether oxygens (including phenoxy) is 1.